The van der Waals surface area contributed by atoms with Gasteiger partial charge in [0.25, 0.3) is 0 Å². The van der Waals surface area contributed by atoms with Crippen LogP contribution in [0.1, 0.15) is 12.8 Å². The Balaban J connectivity index is 1.76. The summed E-state index contributed by atoms with van der Waals surface area (Å²) in [6.07, 6.45) is 4.58. The summed E-state index contributed by atoms with van der Waals surface area (Å²) in [7, 11) is 0. The van der Waals surface area contributed by atoms with E-state index >= 15 is 0 Å². The van der Waals surface area contributed by atoms with Crippen molar-refractivity contribution in [2.45, 2.75) is 12.8 Å². The molecule has 0 amide bonds. The average molecular weight is 347 g/mol. The molecule has 1 aromatic carbocycles. The summed E-state index contributed by atoms with van der Waals surface area (Å²) in [6, 6.07) is 6.59. The number of anilines is 1. The van der Waals surface area contributed by atoms with E-state index in [4.69, 9.17) is 0 Å². The molecule has 0 aliphatic carbocycles. The van der Waals surface area contributed by atoms with Gasteiger partial charge in [0.15, 0.2) is 5.82 Å². The second kappa shape index (κ2) is 7.65. The van der Waals surface area contributed by atoms with Crippen molar-refractivity contribution in [3.63, 3.8) is 0 Å². The van der Waals surface area contributed by atoms with E-state index in [0.29, 0.717) is 29.9 Å². The molecule has 132 valence electrons. The summed E-state index contributed by atoms with van der Waals surface area (Å²) in [6.45, 7) is 3.84. The third kappa shape index (κ3) is 3.99. The second-order valence-corrected chi connectivity index (χ2v) is 6.29. The topological polar surface area (TPSA) is 46.1 Å². The first-order valence-electron chi connectivity index (χ1n) is 8.41. The van der Waals surface area contributed by atoms with E-state index in [1.54, 1.807) is 0 Å². The van der Waals surface area contributed by atoms with Crippen LogP contribution in [0.15, 0.2) is 36.7 Å². The number of carbonyl (C=O) groups excluding carboxylic acids is 1. The molecule has 3 rings (SSSR count). The predicted octanol–water partition coefficient (Wildman–Crippen LogP) is 2.56. The summed E-state index contributed by atoms with van der Waals surface area (Å²) in [4.78, 5) is 20.8. The minimum atomic E-state index is -0.453. The van der Waals surface area contributed by atoms with Gasteiger partial charge in [0.05, 0.1) is 32.0 Å². The molecule has 1 aliphatic rings. The number of hydrogen-bond acceptors (Lipinski definition) is 4. The van der Waals surface area contributed by atoms with E-state index in [1.165, 1.54) is 24.5 Å². The van der Waals surface area contributed by atoms with Crippen LogP contribution in [0.5, 0.6) is 0 Å². The van der Waals surface area contributed by atoms with E-state index in [2.05, 4.69) is 9.97 Å². The van der Waals surface area contributed by atoms with Gasteiger partial charge in [0.1, 0.15) is 30.9 Å². The molecule has 1 saturated heterocycles. The highest BCUT2D eigenvalue weighted by molar-refractivity contribution is 5.49. The van der Waals surface area contributed by atoms with E-state index in [-0.39, 0.29) is 5.82 Å². The van der Waals surface area contributed by atoms with Crippen LogP contribution in [0.3, 0.4) is 0 Å². The summed E-state index contributed by atoms with van der Waals surface area (Å²) in [5, 5.41) is 0. The van der Waals surface area contributed by atoms with Crippen LogP contribution in [0, 0.1) is 11.6 Å². The fraction of sp³-hybridized carbons (Fsp3) is 0.389. The fourth-order valence-electron chi connectivity index (χ4n) is 3.36. The number of halogens is 2. The largest absolute Gasteiger partial charge is 0.329 e. The molecule has 2 aromatic rings. The number of hydrogen-bond donors (Lipinski definition) is 0. The van der Waals surface area contributed by atoms with Crippen molar-refractivity contribution in [3.05, 3.63) is 48.3 Å². The van der Waals surface area contributed by atoms with Crippen molar-refractivity contribution < 1.29 is 13.6 Å². The van der Waals surface area contributed by atoms with Crippen molar-refractivity contribution in [2.24, 2.45) is 0 Å². The molecular formula is C18H21F2N4O+. The molecule has 5 nitrogen and oxygen atoms in total. The van der Waals surface area contributed by atoms with Crippen LogP contribution in [-0.4, -0.2) is 49.0 Å². The first-order valence-corrected chi connectivity index (χ1v) is 8.41. The molecule has 7 heteroatoms. The molecule has 0 radical (unpaired) electrons. The average Bonchev–Trinajstić information content (AvgIpc) is 2.64. The number of nitrogens with zero attached hydrogens (tertiary/aromatic N) is 4. The van der Waals surface area contributed by atoms with Crippen molar-refractivity contribution in [2.75, 3.05) is 37.6 Å². The van der Waals surface area contributed by atoms with Crippen LogP contribution in [0.25, 0.3) is 0 Å². The lowest BCUT2D eigenvalue weighted by molar-refractivity contribution is -0.108. The molecule has 0 atom stereocenters. The van der Waals surface area contributed by atoms with Crippen molar-refractivity contribution in [1.29, 1.82) is 0 Å². The lowest BCUT2D eigenvalue weighted by Gasteiger charge is -2.44. The SMILES string of the molecule is O=CCCC[N+]1(c2ccc(F)cc2)CCN(c2ncc(F)cn2)CC1. The summed E-state index contributed by atoms with van der Waals surface area (Å²) in [5.74, 6) is -0.189. The molecule has 1 fully saturated rings. The van der Waals surface area contributed by atoms with Gasteiger partial charge in [-0.2, -0.15) is 0 Å². The second-order valence-electron chi connectivity index (χ2n) is 6.29. The van der Waals surface area contributed by atoms with Gasteiger partial charge in [-0.3, -0.25) is 4.48 Å². The Bertz CT molecular complexity index is 698. The van der Waals surface area contributed by atoms with Gasteiger partial charge in [0.2, 0.25) is 5.95 Å². The maximum atomic E-state index is 13.3. The van der Waals surface area contributed by atoms with Crippen LogP contribution in [0.4, 0.5) is 20.4 Å². The highest BCUT2D eigenvalue weighted by atomic mass is 19.1. The van der Waals surface area contributed by atoms with Crippen molar-refractivity contribution in [1.82, 2.24) is 14.5 Å². The number of carbonyl (C=O) groups is 1. The van der Waals surface area contributed by atoms with Crippen LogP contribution in [0.2, 0.25) is 0 Å². The highest BCUT2D eigenvalue weighted by Crippen LogP contribution is 2.27. The molecule has 1 aromatic heterocycles. The molecule has 0 saturated carbocycles. The number of unbranched alkanes of at least 4 members (excludes halogenated alkanes) is 1. The molecule has 0 bridgehead atoms. The normalized spacial score (nSPS) is 16.6. The number of piperazine rings is 1. The third-order valence-corrected chi connectivity index (χ3v) is 4.77. The zero-order valence-electron chi connectivity index (χ0n) is 13.9. The fourth-order valence-corrected chi connectivity index (χ4v) is 3.36. The van der Waals surface area contributed by atoms with Gasteiger partial charge in [-0.15, -0.1) is 0 Å². The van der Waals surface area contributed by atoms with E-state index in [9.17, 15) is 13.6 Å². The van der Waals surface area contributed by atoms with Gasteiger partial charge in [-0.1, -0.05) is 0 Å². The maximum Gasteiger partial charge on any atom is 0.225 e. The lowest BCUT2D eigenvalue weighted by atomic mass is 10.1. The molecule has 0 unspecified atom stereocenters. The minimum Gasteiger partial charge on any atom is -0.329 e. The molecule has 0 spiro atoms. The number of aromatic nitrogens is 2. The zero-order valence-corrected chi connectivity index (χ0v) is 13.9. The maximum absolute atomic E-state index is 13.3. The van der Waals surface area contributed by atoms with Gasteiger partial charge >= 0.3 is 0 Å². The summed E-state index contributed by atoms with van der Waals surface area (Å²) < 4.78 is 27.0. The summed E-state index contributed by atoms with van der Waals surface area (Å²) in [5.41, 5.74) is 1.05. The Morgan fingerprint density at radius 1 is 1.04 bits per heavy atom. The van der Waals surface area contributed by atoms with Gasteiger partial charge in [-0.25, -0.2) is 18.7 Å². The third-order valence-electron chi connectivity index (χ3n) is 4.77. The predicted molar refractivity (Wildman–Crippen MR) is 92.3 cm³/mol. The smallest absolute Gasteiger partial charge is 0.225 e. The van der Waals surface area contributed by atoms with E-state index in [0.717, 1.165) is 38.0 Å². The number of benzene rings is 1. The number of aldehydes is 1. The molecule has 25 heavy (non-hydrogen) atoms. The molecule has 0 N–H and O–H groups in total. The van der Waals surface area contributed by atoms with Gasteiger partial charge in [-0.05, 0) is 12.1 Å². The Morgan fingerprint density at radius 3 is 2.28 bits per heavy atom. The Labute approximate surface area is 145 Å². The number of rotatable bonds is 6. The number of quaternary nitrogens is 1. The van der Waals surface area contributed by atoms with E-state index in [1.807, 2.05) is 17.0 Å². The van der Waals surface area contributed by atoms with Crippen molar-refractivity contribution in [3.8, 4) is 0 Å². The van der Waals surface area contributed by atoms with Gasteiger partial charge in [0, 0.05) is 25.0 Å². The molecule has 2 heterocycles. The lowest BCUT2D eigenvalue weighted by Crippen LogP contribution is -2.61. The van der Waals surface area contributed by atoms with Crippen LogP contribution < -0.4 is 9.38 Å². The van der Waals surface area contributed by atoms with E-state index < -0.39 is 5.82 Å². The zero-order chi connectivity index (χ0) is 17.7. The van der Waals surface area contributed by atoms with Crippen molar-refractivity contribution >= 4 is 17.9 Å². The standard InChI is InChI=1S/C18H21F2N4O/c19-15-3-5-17(6-4-15)24(9-1-2-12-25)10-7-23(8-11-24)18-21-13-16(20)14-22-18/h3-6,12-14H,1-2,7-11H2/q+1. The highest BCUT2D eigenvalue weighted by Gasteiger charge is 2.35. The molecule has 1 aliphatic heterocycles. The monoisotopic (exact) mass is 347 g/mol. The Kier molecular flexibility index (Phi) is 5.33. The Hall–Kier alpha value is -2.41. The molecular weight excluding hydrogens is 326 g/mol. The Morgan fingerprint density at radius 2 is 1.68 bits per heavy atom. The van der Waals surface area contributed by atoms with Crippen LogP contribution >= 0.6 is 0 Å². The first kappa shape index (κ1) is 17.4. The van der Waals surface area contributed by atoms with Crippen LogP contribution in [-0.2, 0) is 4.79 Å². The quantitative estimate of drug-likeness (QED) is 0.458. The minimum absolute atomic E-state index is 0.256. The summed E-state index contributed by atoms with van der Waals surface area (Å²) >= 11 is 0. The first-order chi connectivity index (χ1) is 12.1. The van der Waals surface area contributed by atoms with Gasteiger partial charge < -0.3 is 9.69 Å².